The Bertz CT molecular complexity index is 147. The molecule has 0 atom stereocenters. The molecule has 0 aromatic carbocycles. The number of hydrogen-bond donors (Lipinski definition) is 1. The van der Waals surface area contributed by atoms with Crippen LogP contribution in [-0.2, 0) is 0 Å². The van der Waals surface area contributed by atoms with Gasteiger partial charge in [0.2, 0.25) is 0 Å². The number of rotatable bonds is 1. The van der Waals surface area contributed by atoms with Crippen molar-refractivity contribution in [1.82, 2.24) is 4.98 Å². The SMILES string of the molecule is Br.O=Cc1ccc[nH]1. The highest BCUT2D eigenvalue weighted by Crippen LogP contribution is 1.85. The Kier molecular flexibility index (Phi) is 3.19. The summed E-state index contributed by atoms with van der Waals surface area (Å²) in [7, 11) is 0. The van der Waals surface area contributed by atoms with Gasteiger partial charge in [-0.05, 0) is 12.1 Å². The molecular weight excluding hydrogens is 170 g/mol. The molecule has 0 aliphatic heterocycles. The third-order valence-corrected chi connectivity index (χ3v) is 0.749. The van der Waals surface area contributed by atoms with Crippen LogP contribution < -0.4 is 0 Å². The maximum Gasteiger partial charge on any atom is 0.166 e. The second kappa shape index (κ2) is 3.43. The number of carbonyl (C=O) groups excluding carboxylic acids is 1. The molecule has 3 heteroatoms. The fourth-order valence-corrected chi connectivity index (χ4v) is 0.418. The van der Waals surface area contributed by atoms with E-state index in [9.17, 15) is 4.79 Å². The Labute approximate surface area is 57.7 Å². The predicted molar refractivity (Wildman–Crippen MR) is 36.5 cm³/mol. The van der Waals surface area contributed by atoms with E-state index in [-0.39, 0.29) is 17.0 Å². The lowest BCUT2D eigenvalue weighted by Crippen LogP contribution is -1.72. The molecule has 0 spiro atoms. The molecule has 1 rings (SSSR count). The minimum atomic E-state index is 0. The second-order valence-electron chi connectivity index (χ2n) is 1.24. The topological polar surface area (TPSA) is 32.9 Å². The molecule has 0 saturated heterocycles. The van der Waals surface area contributed by atoms with Gasteiger partial charge in [0.05, 0.1) is 5.69 Å². The number of nitrogens with one attached hydrogen (secondary N) is 1. The normalized spacial score (nSPS) is 7.50. The van der Waals surface area contributed by atoms with Crippen molar-refractivity contribution in [3.63, 3.8) is 0 Å². The van der Waals surface area contributed by atoms with Crippen molar-refractivity contribution in [1.29, 1.82) is 0 Å². The monoisotopic (exact) mass is 175 g/mol. The number of hydrogen-bond acceptors (Lipinski definition) is 1. The third kappa shape index (κ3) is 1.50. The Balaban J connectivity index is 0.000000490. The van der Waals surface area contributed by atoms with Gasteiger partial charge in [0.1, 0.15) is 0 Å². The highest BCUT2D eigenvalue weighted by atomic mass is 79.9. The third-order valence-electron chi connectivity index (χ3n) is 0.749. The summed E-state index contributed by atoms with van der Waals surface area (Å²) in [4.78, 5) is 12.6. The van der Waals surface area contributed by atoms with Crippen molar-refractivity contribution in [2.24, 2.45) is 0 Å². The Morgan fingerprint density at radius 1 is 1.62 bits per heavy atom. The fraction of sp³-hybridized carbons (Fsp3) is 0. The van der Waals surface area contributed by atoms with Crippen LogP contribution in [0.15, 0.2) is 18.3 Å². The molecule has 1 heterocycles. The lowest BCUT2D eigenvalue weighted by Gasteiger charge is -1.70. The molecule has 0 bridgehead atoms. The largest absolute Gasteiger partial charge is 0.359 e. The molecule has 44 valence electrons. The van der Waals surface area contributed by atoms with Gasteiger partial charge < -0.3 is 4.98 Å². The number of halogens is 1. The molecule has 0 fully saturated rings. The number of aromatic nitrogens is 1. The average molecular weight is 176 g/mol. The van der Waals surface area contributed by atoms with Gasteiger partial charge in [-0.25, -0.2) is 0 Å². The zero-order valence-corrected chi connectivity index (χ0v) is 5.84. The summed E-state index contributed by atoms with van der Waals surface area (Å²) in [5, 5.41) is 0. The molecule has 8 heavy (non-hydrogen) atoms. The van der Waals surface area contributed by atoms with Crippen LogP contribution in [0.25, 0.3) is 0 Å². The number of carbonyl (C=O) groups is 1. The molecule has 0 amide bonds. The number of H-pyrrole nitrogens is 1. The molecular formula is C5H6BrNO. The van der Waals surface area contributed by atoms with Gasteiger partial charge in [-0.1, -0.05) is 0 Å². The minimum absolute atomic E-state index is 0. The Morgan fingerprint density at radius 3 is 2.62 bits per heavy atom. The smallest absolute Gasteiger partial charge is 0.166 e. The van der Waals surface area contributed by atoms with E-state index in [0.29, 0.717) is 5.69 Å². The van der Waals surface area contributed by atoms with Crippen LogP contribution in [0.5, 0.6) is 0 Å². The van der Waals surface area contributed by atoms with Crippen LogP contribution in [0, 0.1) is 0 Å². The maximum atomic E-state index is 9.84. The molecule has 0 unspecified atom stereocenters. The maximum absolute atomic E-state index is 9.84. The van der Waals surface area contributed by atoms with Gasteiger partial charge >= 0.3 is 0 Å². The van der Waals surface area contributed by atoms with E-state index in [4.69, 9.17) is 0 Å². The Morgan fingerprint density at radius 2 is 2.38 bits per heavy atom. The first-order valence-electron chi connectivity index (χ1n) is 2.02. The minimum Gasteiger partial charge on any atom is -0.359 e. The summed E-state index contributed by atoms with van der Waals surface area (Å²) >= 11 is 0. The van der Waals surface area contributed by atoms with Crippen molar-refractivity contribution in [3.8, 4) is 0 Å². The highest BCUT2D eigenvalue weighted by molar-refractivity contribution is 8.93. The lowest BCUT2D eigenvalue weighted by molar-refractivity contribution is 0.111. The number of aldehydes is 1. The van der Waals surface area contributed by atoms with Crippen LogP contribution in [0.3, 0.4) is 0 Å². The predicted octanol–water partition coefficient (Wildman–Crippen LogP) is 1.41. The molecule has 0 aliphatic carbocycles. The van der Waals surface area contributed by atoms with Gasteiger partial charge in [0, 0.05) is 6.20 Å². The van der Waals surface area contributed by atoms with E-state index in [2.05, 4.69) is 4.98 Å². The van der Waals surface area contributed by atoms with Crippen molar-refractivity contribution >= 4 is 23.3 Å². The molecule has 2 nitrogen and oxygen atoms in total. The van der Waals surface area contributed by atoms with Crippen LogP contribution >= 0.6 is 17.0 Å². The van der Waals surface area contributed by atoms with Crippen LogP contribution in [0.1, 0.15) is 10.5 Å². The Hall–Kier alpha value is -0.570. The van der Waals surface area contributed by atoms with Crippen molar-refractivity contribution in [2.75, 3.05) is 0 Å². The molecule has 0 radical (unpaired) electrons. The van der Waals surface area contributed by atoms with Crippen LogP contribution in [0.2, 0.25) is 0 Å². The standard InChI is InChI=1S/C5H5NO.BrH/c7-4-5-2-1-3-6-5;/h1-4,6H;1H. The van der Waals surface area contributed by atoms with Gasteiger partial charge in [-0.15, -0.1) is 17.0 Å². The van der Waals surface area contributed by atoms with Gasteiger partial charge in [-0.3, -0.25) is 4.79 Å². The van der Waals surface area contributed by atoms with E-state index < -0.39 is 0 Å². The zero-order valence-electron chi connectivity index (χ0n) is 4.13. The van der Waals surface area contributed by atoms with Crippen molar-refractivity contribution < 1.29 is 4.79 Å². The molecule has 1 aromatic rings. The van der Waals surface area contributed by atoms with E-state index >= 15 is 0 Å². The first-order chi connectivity index (χ1) is 3.43. The van der Waals surface area contributed by atoms with Crippen LogP contribution in [-0.4, -0.2) is 11.3 Å². The molecule has 0 saturated carbocycles. The molecule has 1 aromatic heterocycles. The molecule has 0 aliphatic rings. The average Bonchev–Trinajstić information content (AvgIpc) is 2.14. The van der Waals surface area contributed by atoms with E-state index in [1.807, 2.05) is 0 Å². The van der Waals surface area contributed by atoms with Gasteiger partial charge in [0.25, 0.3) is 0 Å². The van der Waals surface area contributed by atoms with Crippen LogP contribution in [0.4, 0.5) is 0 Å². The van der Waals surface area contributed by atoms with Gasteiger partial charge in [0.15, 0.2) is 6.29 Å². The number of aromatic amines is 1. The van der Waals surface area contributed by atoms with E-state index in [1.165, 1.54) is 0 Å². The summed E-state index contributed by atoms with van der Waals surface area (Å²) in [6.45, 7) is 0. The fourth-order valence-electron chi connectivity index (χ4n) is 0.418. The van der Waals surface area contributed by atoms with Crippen molar-refractivity contribution in [3.05, 3.63) is 24.0 Å². The molecule has 1 N–H and O–H groups in total. The van der Waals surface area contributed by atoms with Gasteiger partial charge in [-0.2, -0.15) is 0 Å². The summed E-state index contributed by atoms with van der Waals surface area (Å²) in [5.41, 5.74) is 0.625. The summed E-state index contributed by atoms with van der Waals surface area (Å²) in [6, 6.07) is 3.50. The zero-order chi connectivity index (χ0) is 5.11. The summed E-state index contributed by atoms with van der Waals surface area (Å²) in [5.74, 6) is 0. The first kappa shape index (κ1) is 7.43. The van der Waals surface area contributed by atoms with E-state index in [0.717, 1.165) is 6.29 Å². The lowest BCUT2D eigenvalue weighted by atomic mass is 10.5. The quantitative estimate of drug-likeness (QED) is 0.644. The first-order valence-corrected chi connectivity index (χ1v) is 2.02. The second-order valence-corrected chi connectivity index (χ2v) is 1.24. The summed E-state index contributed by atoms with van der Waals surface area (Å²) in [6.07, 6.45) is 2.49. The van der Waals surface area contributed by atoms with Crippen molar-refractivity contribution in [2.45, 2.75) is 0 Å². The summed E-state index contributed by atoms with van der Waals surface area (Å²) < 4.78 is 0. The highest BCUT2D eigenvalue weighted by Gasteiger charge is 1.81. The van der Waals surface area contributed by atoms with E-state index in [1.54, 1.807) is 18.3 Å².